The number of non-ortho nitro benzene ring substituents is 1. The molecule has 1 amide bonds. The molecule has 0 fully saturated rings. The van der Waals surface area contributed by atoms with Crippen molar-refractivity contribution in [3.63, 3.8) is 0 Å². The van der Waals surface area contributed by atoms with E-state index in [-0.39, 0.29) is 23.6 Å². The molecule has 0 aliphatic heterocycles. The molecule has 0 atom stereocenters. The van der Waals surface area contributed by atoms with Gasteiger partial charge >= 0.3 is 0 Å². The van der Waals surface area contributed by atoms with Gasteiger partial charge in [-0.25, -0.2) is 0 Å². The maximum absolute atomic E-state index is 12.0. The van der Waals surface area contributed by atoms with Crippen LogP contribution in [0.2, 0.25) is 0 Å². The predicted octanol–water partition coefficient (Wildman–Crippen LogP) is 2.43. The fourth-order valence-corrected chi connectivity index (χ4v) is 1.96. The van der Waals surface area contributed by atoms with Crippen molar-refractivity contribution in [1.82, 2.24) is 5.32 Å². The van der Waals surface area contributed by atoms with Crippen molar-refractivity contribution in [2.75, 3.05) is 13.2 Å². The van der Waals surface area contributed by atoms with Crippen LogP contribution in [0.25, 0.3) is 0 Å². The molecule has 0 aromatic heterocycles. The predicted molar refractivity (Wildman–Crippen MR) is 80.3 cm³/mol. The number of nitrogens with zero attached hydrogens (tertiary/aromatic N) is 1. The summed E-state index contributed by atoms with van der Waals surface area (Å²) in [4.78, 5) is 22.2. The molecule has 1 rings (SSSR count). The molecule has 0 spiro atoms. The number of amides is 1. The Bertz CT molecular complexity index is 526. The number of benzene rings is 1. The number of aliphatic hydroxyl groups is 1. The highest BCUT2D eigenvalue weighted by Gasteiger charge is 2.16. The quantitative estimate of drug-likeness (QED) is 0.459. The zero-order valence-electron chi connectivity index (χ0n) is 12.7. The van der Waals surface area contributed by atoms with Crippen LogP contribution in [0, 0.1) is 22.5 Å². The lowest BCUT2D eigenvalue weighted by Crippen LogP contribution is -2.27. The van der Waals surface area contributed by atoms with Crippen LogP contribution >= 0.6 is 0 Å². The highest BCUT2D eigenvalue weighted by atomic mass is 16.6. The molecule has 2 N–H and O–H groups in total. The van der Waals surface area contributed by atoms with E-state index < -0.39 is 4.92 Å². The number of nitro groups is 1. The Labute approximate surface area is 124 Å². The van der Waals surface area contributed by atoms with Crippen LogP contribution in [-0.4, -0.2) is 29.1 Å². The second-order valence-corrected chi connectivity index (χ2v) is 5.94. The molecule has 1 aromatic carbocycles. The Kier molecular flexibility index (Phi) is 5.84. The maximum atomic E-state index is 12.0. The van der Waals surface area contributed by atoms with Gasteiger partial charge in [0.25, 0.3) is 11.6 Å². The van der Waals surface area contributed by atoms with E-state index >= 15 is 0 Å². The van der Waals surface area contributed by atoms with Gasteiger partial charge in [0.15, 0.2) is 0 Å². The Hall–Kier alpha value is -1.95. The molecule has 0 saturated carbocycles. The SMILES string of the molecule is Cc1cc([N+](=O)[O-])ccc1C(=O)NCCCC(C)(C)CO. The number of carbonyl (C=O) groups is 1. The molecule has 0 radical (unpaired) electrons. The molecule has 0 aliphatic carbocycles. The number of hydrogen-bond donors (Lipinski definition) is 2. The Morgan fingerprint density at radius 3 is 2.62 bits per heavy atom. The van der Waals surface area contributed by atoms with Gasteiger partial charge in [-0.2, -0.15) is 0 Å². The minimum absolute atomic E-state index is 0.0197. The standard InChI is InChI=1S/C15H22N2O4/c1-11-9-12(17(20)21)5-6-13(11)14(19)16-8-4-7-15(2,3)10-18/h5-6,9,18H,4,7-8,10H2,1-3H3,(H,16,19). The molecule has 6 heteroatoms. The van der Waals surface area contributed by atoms with Crippen LogP contribution in [-0.2, 0) is 0 Å². The third kappa shape index (κ3) is 5.15. The first-order valence-corrected chi connectivity index (χ1v) is 6.91. The first-order valence-electron chi connectivity index (χ1n) is 6.91. The number of nitrogens with one attached hydrogen (secondary N) is 1. The van der Waals surface area contributed by atoms with Crippen molar-refractivity contribution in [3.05, 3.63) is 39.4 Å². The van der Waals surface area contributed by atoms with Gasteiger partial charge in [-0.15, -0.1) is 0 Å². The van der Waals surface area contributed by atoms with Gasteiger partial charge in [0.2, 0.25) is 0 Å². The second kappa shape index (κ2) is 7.17. The van der Waals surface area contributed by atoms with E-state index in [1.807, 2.05) is 13.8 Å². The van der Waals surface area contributed by atoms with Crippen LogP contribution in [0.3, 0.4) is 0 Å². The average molecular weight is 294 g/mol. The molecule has 0 saturated heterocycles. The fourth-order valence-electron chi connectivity index (χ4n) is 1.96. The van der Waals surface area contributed by atoms with Crippen molar-refractivity contribution in [2.24, 2.45) is 5.41 Å². The van der Waals surface area contributed by atoms with Crippen molar-refractivity contribution in [2.45, 2.75) is 33.6 Å². The van der Waals surface area contributed by atoms with E-state index in [1.165, 1.54) is 18.2 Å². The number of carbonyl (C=O) groups excluding carboxylic acids is 1. The highest BCUT2D eigenvalue weighted by molar-refractivity contribution is 5.95. The average Bonchev–Trinajstić information content (AvgIpc) is 2.43. The Balaban J connectivity index is 2.55. The lowest BCUT2D eigenvalue weighted by molar-refractivity contribution is -0.384. The van der Waals surface area contributed by atoms with Gasteiger partial charge in [0, 0.05) is 30.8 Å². The molecular weight excluding hydrogens is 272 g/mol. The zero-order valence-corrected chi connectivity index (χ0v) is 12.7. The first-order chi connectivity index (χ1) is 9.76. The van der Waals surface area contributed by atoms with Crippen LogP contribution in [0.15, 0.2) is 18.2 Å². The third-order valence-corrected chi connectivity index (χ3v) is 3.41. The largest absolute Gasteiger partial charge is 0.396 e. The van der Waals surface area contributed by atoms with Gasteiger partial charge in [-0.1, -0.05) is 13.8 Å². The monoisotopic (exact) mass is 294 g/mol. The van der Waals surface area contributed by atoms with E-state index in [1.54, 1.807) is 6.92 Å². The molecule has 21 heavy (non-hydrogen) atoms. The number of hydrogen-bond acceptors (Lipinski definition) is 4. The minimum atomic E-state index is -0.480. The van der Waals surface area contributed by atoms with Crippen molar-refractivity contribution in [1.29, 1.82) is 0 Å². The van der Waals surface area contributed by atoms with E-state index in [0.717, 1.165) is 12.8 Å². The lowest BCUT2D eigenvalue weighted by Gasteiger charge is -2.21. The molecule has 116 valence electrons. The second-order valence-electron chi connectivity index (χ2n) is 5.94. The highest BCUT2D eigenvalue weighted by Crippen LogP contribution is 2.20. The van der Waals surface area contributed by atoms with Gasteiger partial charge in [0.05, 0.1) is 4.92 Å². The molecule has 0 bridgehead atoms. The van der Waals surface area contributed by atoms with Gasteiger partial charge in [-0.05, 0) is 36.8 Å². The fraction of sp³-hybridized carbons (Fsp3) is 0.533. The molecule has 6 nitrogen and oxygen atoms in total. The van der Waals surface area contributed by atoms with Gasteiger partial charge in [-0.3, -0.25) is 14.9 Å². The van der Waals surface area contributed by atoms with Crippen LogP contribution in [0.5, 0.6) is 0 Å². The summed E-state index contributed by atoms with van der Waals surface area (Å²) in [5.74, 6) is -0.232. The Morgan fingerprint density at radius 1 is 1.43 bits per heavy atom. The summed E-state index contributed by atoms with van der Waals surface area (Å²) in [6.07, 6.45) is 1.58. The Morgan fingerprint density at radius 2 is 2.10 bits per heavy atom. The van der Waals surface area contributed by atoms with Gasteiger partial charge < -0.3 is 10.4 Å². The van der Waals surface area contributed by atoms with Crippen molar-refractivity contribution >= 4 is 11.6 Å². The summed E-state index contributed by atoms with van der Waals surface area (Å²) < 4.78 is 0. The van der Waals surface area contributed by atoms with Crippen LogP contribution in [0.1, 0.15) is 42.6 Å². The maximum Gasteiger partial charge on any atom is 0.269 e. The number of aliphatic hydroxyl groups excluding tert-OH is 1. The van der Waals surface area contributed by atoms with E-state index in [0.29, 0.717) is 17.7 Å². The summed E-state index contributed by atoms with van der Waals surface area (Å²) in [7, 11) is 0. The minimum Gasteiger partial charge on any atom is -0.396 e. The molecule has 0 aliphatic rings. The third-order valence-electron chi connectivity index (χ3n) is 3.41. The lowest BCUT2D eigenvalue weighted by atomic mass is 9.89. The van der Waals surface area contributed by atoms with E-state index in [9.17, 15) is 14.9 Å². The summed E-state index contributed by atoms with van der Waals surface area (Å²) >= 11 is 0. The van der Waals surface area contributed by atoms with E-state index in [4.69, 9.17) is 5.11 Å². The summed E-state index contributed by atoms with van der Waals surface area (Å²) in [6, 6.07) is 4.20. The summed E-state index contributed by atoms with van der Waals surface area (Å²) in [5.41, 5.74) is 0.863. The topological polar surface area (TPSA) is 92.5 Å². The van der Waals surface area contributed by atoms with Crippen molar-refractivity contribution < 1.29 is 14.8 Å². The normalized spacial score (nSPS) is 11.2. The van der Waals surface area contributed by atoms with Crippen LogP contribution in [0.4, 0.5) is 5.69 Å². The molecule has 0 unspecified atom stereocenters. The first kappa shape index (κ1) is 17.1. The van der Waals surface area contributed by atoms with Gasteiger partial charge in [0.1, 0.15) is 0 Å². The van der Waals surface area contributed by atoms with Crippen molar-refractivity contribution in [3.8, 4) is 0 Å². The summed E-state index contributed by atoms with van der Waals surface area (Å²) in [5, 5.41) is 22.6. The number of aryl methyl sites for hydroxylation is 1. The zero-order chi connectivity index (χ0) is 16.0. The molecule has 0 heterocycles. The number of rotatable bonds is 7. The molecular formula is C15H22N2O4. The van der Waals surface area contributed by atoms with Crippen LogP contribution < -0.4 is 5.32 Å². The smallest absolute Gasteiger partial charge is 0.269 e. The summed E-state index contributed by atoms with van der Waals surface area (Å²) in [6.45, 7) is 6.24. The number of nitro benzene ring substituents is 1. The molecule has 1 aromatic rings. The van der Waals surface area contributed by atoms with E-state index in [2.05, 4.69) is 5.32 Å².